The quantitative estimate of drug-likeness (QED) is 0.880. The second kappa shape index (κ2) is 5.98. The molecular formula is C14H19NO3. The van der Waals surface area contributed by atoms with Crippen molar-refractivity contribution in [2.75, 3.05) is 20.2 Å². The summed E-state index contributed by atoms with van der Waals surface area (Å²) in [5, 5.41) is 9.45. The van der Waals surface area contributed by atoms with Crippen LogP contribution in [0.4, 0.5) is 0 Å². The normalized spacial score (nSPS) is 18.7. The lowest BCUT2D eigenvalue weighted by atomic mass is 10.0. The summed E-state index contributed by atoms with van der Waals surface area (Å²) in [5.74, 6) is -0.0180. The summed E-state index contributed by atoms with van der Waals surface area (Å²) in [6, 6.07) is 9.50. The summed E-state index contributed by atoms with van der Waals surface area (Å²) >= 11 is 0. The maximum atomic E-state index is 12.4. The van der Waals surface area contributed by atoms with Crippen molar-refractivity contribution in [3.05, 3.63) is 35.9 Å². The first-order chi connectivity index (χ1) is 8.72. The number of hydrogen-bond acceptors (Lipinski definition) is 3. The van der Waals surface area contributed by atoms with Gasteiger partial charge in [-0.3, -0.25) is 4.79 Å². The zero-order valence-corrected chi connectivity index (χ0v) is 10.6. The molecule has 4 heteroatoms. The van der Waals surface area contributed by atoms with Crippen molar-refractivity contribution in [1.29, 1.82) is 0 Å². The number of carbonyl (C=O) groups excluding carboxylic acids is 1. The van der Waals surface area contributed by atoms with E-state index in [9.17, 15) is 9.90 Å². The van der Waals surface area contributed by atoms with Gasteiger partial charge in [-0.2, -0.15) is 0 Å². The Labute approximate surface area is 107 Å². The number of carbonyl (C=O) groups is 1. The monoisotopic (exact) mass is 249 g/mol. The molecule has 0 aliphatic carbocycles. The van der Waals surface area contributed by atoms with Gasteiger partial charge in [-0.1, -0.05) is 30.3 Å². The van der Waals surface area contributed by atoms with Crippen molar-refractivity contribution in [2.24, 2.45) is 0 Å². The number of aliphatic hydroxyl groups excluding tert-OH is 1. The molecule has 0 saturated carbocycles. The second-order valence-corrected chi connectivity index (χ2v) is 4.58. The summed E-state index contributed by atoms with van der Waals surface area (Å²) in [4.78, 5) is 14.1. The Bertz CT molecular complexity index is 385. The van der Waals surface area contributed by atoms with Crippen molar-refractivity contribution in [2.45, 2.75) is 25.0 Å². The van der Waals surface area contributed by atoms with Crippen LogP contribution in [0.1, 0.15) is 24.5 Å². The number of benzene rings is 1. The molecule has 0 spiro atoms. The molecule has 1 amide bonds. The first-order valence-corrected chi connectivity index (χ1v) is 6.27. The number of amides is 1. The van der Waals surface area contributed by atoms with E-state index in [1.54, 1.807) is 12.0 Å². The van der Waals surface area contributed by atoms with Gasteiger partial charge in [-0.15, -0.1) is 0 Å². The lowest BCUT2D eigenvalue weighted by molar-refractivity contribution is -0.144. The Balaban J connectivity index is 2.06. The Morgan fingerprint density at radius 2 is 1.94 bits per heavy atom. The Kier molecular flexibility index (Phi) is 4.33. The van der Waals surface area contributed by atoms with Gasteiger partial charge in [0.25, 0.3) is 5.91 Å². The topological polar surface area (TPSA) is 49.8 Å². The molecule has 4 nitrogen and oxygen atoms in total. The summed E-state index contributed by atoms with van der Waals surface area (Å²) in [7, 11) is 1.55. The van der Waals surface area contributed by atoms with Gasteiger partial charge >= 0.3 is 0 Å². The molecule has 18 heavy (non-hydrogen) atoms. The average Bonchev–Trinajstić information content (AvgIpc) is 2.41. The number of hydrogen-bond donors (Lipinski definition) is 1. The number of ether oxygens (including phenoxy) is 1. The summed E-state index contributed by atoms with van der Waals surface area (Å²) in [6.45, 7) is 1.21. The smallest absolute Gasteiger partial charge is 0.256 e. The van der Waals surface area contributed by atoms with Gasteiger partial charge in [0.2, 0.25) is 0 Å². The Morgan fingerprint density at radius 1 is 1.33 bits per heavy atom. The maximum Gasteiger partial charge on any atom is 0.256 e. The van der Waals surface area contributed by atoms with Crippen molar-refractivity contribution in [1.82, 2.24) is 4.90 Å². The van der Waals surface area contributed by atoms with Gasteiger partial charge < -0.3 is 14.7 Å². The van der Waals surface area contributed by atoms with E-state index in [0.29, 0.717) is 25.9 Å². The molecule has 1 heterocycles. The highest BCUT2D eigenvalue weighted by Crippen LogP contribution is 2.21. The van der Waals surface area contributed by atoms with Gasteiger partial charge in [0.15, 0.2) is 6.10 Å². The molecule has 1 aromatic rings. The predicted octanol–water partition coefficient (Wildman–Crippen LogP) is 1.36. The molecule has 0 radical (unpaired) electrons. The molecule has 1 aliphatic heterocycles. The highest BCUT2D eigenvalue weighted by Gasteiger charge is 2.28. The van der Waals surface area contributed by atoms with Crippen LogP contribution in [0.2, 0.25) is 0 Å². The molecule has 98 valence electrons. The third-order valence-corrected chi connectivity index (χ3v) is 3.34. The highest BCUT2D eigenvalue weighted by atomic mass is 16.5. The van der Waals surface area contributed by atoms with Crippen LogP contribution in [0.3, 0.4) is 0 Å². The van der Waals surface area contributed by atoms with Crippen molar-refractivity contribution in [3.8, 4) is 0 Å². The van der Waals surface area contributed by atoms with Crippen LogP contribution in [0.5, 0.6) is 0 Å². The molecule has 1 saturated heterocycles. The van der Waals surface area contributed by atoms with Crippen molar-refractivity contribution in [3.63, 3.8) is 0 Å². The second-order valence-electron chi connectivity index (χ2n) is 4.58. The van der Waals surface area contributed by atoms with Gasteiger partial charge in [0.05, 0.1) is 6.10 Å². The fourth-order valence-corrected chi connectivity index (χ4v) is 2.26. The zero-order valence-electron chi connectivity index (χ0n) is 10.6. The number of likely N-dealkylation sites (tertiary alicyclic amines) is 1. The third kappa shape index (κ3) is 2.89. The lowest BCUT2D eigenvalue weighted by Crippen LogP contribution is -2.42. The third-order valence-electron chi connectivity index (χ3n) is 3.34. The predicted molar refractivity (Wildman–Crippen MR) is 68.0 cm³/mol. The molecule has 1 fully saturated rings. The minimum absolute atomic E-state index is 0.0180. The van der Waals surface area contributed by atoms with E-state index in [1.807, 2.05) is 30.3 Å². The minimum atomic E-state index is -0.540. The largest absolute Gasteiger partial charge is 0.393 e. The van der Waals surface area contributed by atoms with Gasteiger partial charge in [0.1, 0.15) is 0 Å². The standard InChI is InChI=1S/C14H19NO3/c1-18-13(11-5-3-2-4-6-11)14(17)15-9-7-12(16)8-10-15/h2-6,12-13,16H,7-10H2,1H3. The number of piperidine rings is 1. The molecule has 0 aromatic heterocycles. The van der Waals surface area contributed by atoms with E-state index in [4.69, 9.17) is 4.74 Å². The molecule has 0 bridgehead atoms. The first-order valence-electron chi connectivity index (χ1n) is 6.27. The van der Waals surface area contributed by atoms with E-state index >= 15 is 0 Å². The van der Waals surface area contributed by atoms with E-state index in [1.165, 1.54) is 0 Å². The van der Waals surface area contributed by atoms with Crippen LogP contribution in [-0.2, 0) is 9.53 Å². The van der Waals surface area contributed by atoms with Crippen LogP contribution in [0, 0.1) is 0 Å². The lowest BCUT2D eigenvalue weighted by Gasteiger charge is -2.32. The molecule has 2 rings (SSSR count). The fraction of sp³-hybridized carbons (Fsp3) is 0.500. The first kappa shape index (κ1) is 13.1. The zero-order chi connectivity index (χ0) is 13.0. The van der Waals surface area contributed by atoms with E-state index in [-0.39, 0.29) is 12.0 Å². The van der Waals surface area contributed by atoms with E-state index < -0.39 is 6.10 Å². The van der Waals surface area contributed by atoms with Crippen LogP contribution in [-0.4, -0.2) is 42.2 Å². The van der Waals surface area contributed by atoms with Crippen molar-refractivity contribution < 1.29 is 14.6 Å². The number of nitrogens with zero attached hydrogens (tertiary/aromatic N) is 1. The Hall–Kier alpha value is -1.39. The van der Waals surface area contributed by atoms with Crippen LogP contribution in [0.25, 0.3) is 0 Å². The SMILES string of the molecule is COC(C(=O)N1CCC(O)CC1)c1ccccc1. The molecule has 1 N–H and O–H groups in total. The summed E-state index contributed by atoms with van der Waals surface area (Å²) in [6.07, 6.45) is 0.488. The van der Waals surface area contributed by atoms with Crippen LogP contribution in [0.15, 0.2) is 30.3 Å². The van der Waals surface area contributed by atoms with Gasteiger partial charge in [-0.25, -0.2) is 0 Å². The minimum Gasteiger partial charge on any atom is -0.393 e. The fourth-order valence-electron chi connectivity index (χ4n) is 2.26. The molecule has 1 unspecified atom stereocenters. The average molecular weight is 249 g/mol. The summed E-state index contributed by atoms with van der Waals surface area (Å²) < 4.78 is 5.32. The van der Waals surface area contributed by atoms with Gasteiger partial charge in [-0.05, 0) is 18.4 Å². The van der Waals surface area contributed by atoms with Crippen molar-refractivity contribution >= 4 is 5.91 Å². The summed E-state index contributed by atoms with van der Waals surface area (Å²) in [5.41, 5.74) is 0.871. The molecule has 1 atom stereocenters. The highest BCUT2D eigenvalue weighted by molar-refractivity contribution is 5.82. The van der Waals surface area contributed by atoms with E-state index in [2.05, 4.69) is 0 Å². The molecule has 1 aliphatic rings. The van der Waals surface area contributed by atoms with Gasteiger partial charge in [0, 0.05) is 20.2 Å². The van der Waals surface area contributed by atoms with Crippen LogP contribution >= 0.6 is 0 Å². The number of aliphatic hydroxyl groups is 1. The molecule has 1 aromatic carbocycles. The van der Waals surface area contributed by atoms with Crippen LogP contribution < -0.4 is 0 Å². The number of rotatable bonds is 3. The Morgan fingerprint density at radius 3 is 2.50 bits per heavy atom. The van der Waals surface area contributed by atoms with E-state index in [0.717, 1.165) is 5.56 Å². The number of methoxy groups -OCH3 is 1. The molecular weight excluding hydrogens is 230 g/mol. The maximum absolute atomic E-state index is 12.4.